The summed E-state index contributed by atoms with van der Waals surface area (Å²) in [5, 5.41) is 17.5. The summed E-state index contributed by atoms with van der Waals surface area (Å²) < 4.78 is 0. The van der Waals surface area contributed by atoms with Gasteiger partial charge < -0.3 is 15.3 Å². The SMILES string of the molecule is OC1(C(CN2CCNCC2)c2cccc3ccccc23)CCCC1. The van der Waals surface area contributed by atoms with Gasteiger partial charge in [0.25, 0.3) is 0 Å². The fraction of sp³-hybridized carbons (Fsp3) is 0.524. The molecule has 2 aromatic rings. The van der Waals surface area contributed by atoms with E-state index in [1.54, 1.807) is 0 Å². The van der Waals surface area contributed by atoms with Gasteiger partial charge in [-0.1, -0.05) is 55.3 Å². The molecule has 0 spiro atoms. The highest BCUT2D eigenvalue weighted by Crippen LogP contribution is 2.43. The van der Waals surface area contributed by atoms with E-state index in [1.807, 2.05) is 0 Å². The maximum Gasteiger partial charge on any atom is 0.0728 e. The molecule has 3 nitrogen and oxygen atoms in total. The van der Waals surface area contributed by atoms with Crippen LogP contribution in [0.5, 0.6) is 0 Å². The zero-order valence-corrected chi connectivity index (χ0v) is 14.4. The van der Waals surface area contributed by atoms with Crippen molar-refractivity contribution in [3.8, 4) is 0 Å². The van der Waals surface area contributed by atoms with Crippen LogP contribution >= 0.6 is 0 Å². The van der Waals surface area contributed by atoms with Crippen molar-refractivity contribution in [1.29, 1.82) is 0 Å². The number of fused-ring (bicyclic) bond motifs is 1. The molecule has 128 valence electrons. The van der Waals surface area contributed by atoms with Gasteiger partial charge >= 0.3 is 0 Å². The van der Waals surface area contributed by atoms with Gasteiger partial charge in [-0.3, -0.25) is 0 Å². The van der Waals surface area contributed by atoms with Gasteiger partial charge in [0, 0.05) is 38.6 Å². The Kier molecular flexibility index (Phi) is 4.57. The number of hydrogen-bond donors (Lipinski definition) is 2. The summed E-state index contributed by atoms with van der Waals surface area (Å²) in [5.74, 6) is 0.198. The highest BCUT2D eigenvalue weighted by Gasteiger charge is 2.41. The van der Waals surface area contributed by atoms with Crippen molar-refractivity contribution >= 4 is 10.8 Å². The van der Waals surface area contributed by atoms with Gasteiger partial charge in [0.2, 0.25) is 0 Å². The number of aliphatic hydroxyl groups is 1. The van der Waals surface area contributed by atoms with E-state index in [1.165, 1.54) is 16.3 Å². The molecule has 24 heavy (non-hydrogen) atoms. The van der Waals surface area contributed by atoms with Crippen LogP contribution in [0.3, 0.4) is 0 Å². The molecule has 1 saturated heterocycles. The average Bonchev–Trinajstić information content (AvgIpc) is 3.08. The largest absolute Gasteiger partial charge is 0.389 e. The summed E-state index contributed by atoms with van der Waals surface area (Å²) in [6.07, 6.45) is 4.18. The van der Waals surface area contributed by atoms with Crippen molar-refractivity contribution in [2.24, 2.45) is 0 Å². The van der Waals surface area contributed by atoms with Crippen LogP contribution in [0.15, 0.2) is 42.5 Å². The Morgan fingerprint density at radius 1 is 1.00 bits per heavy atom. The Hall–Kier alpha value is -1.42. The van der Waals surface area contributed by atoms with Gasteiger partial charge in [0.15, 0.2) is 0 Å². The summed E-state index contributed by atoms with van der Waals surface area (Å²) >= 11 is 0. The van der Waals surface area contributed by atoms with E-state index < -0.39 is 5.60 Å². The Balaban J connectivity index is 1.73. The van der Waals surface area contributed by atoms with Gasteiger partial charge in [0.1, 0.15) is 0 Å². The lowest BCUT2D eigenvalue weighted by atomic mass is 9.78. The third-order valence-corrected chi connectivity index (χ3v) is 5.97. The van der Waals surface area contributed by atoms with Crippen LogP contribution in [-0.4, -0.2) is 48.3 Å². The molecule has 0 bridgehead atoms. The molecule has 1 unspecified atom stereocenters. The lowest BCUT2D eigenvalue weighted by molar-refractivity contribution is 0.00542. The van der Waals surface area contributed by atoms with Crippen LogP contribution in [0, 0.1) is 0 Å². The van der Waals surface area contributed by atoms with Gasteiger partial charge in [0.05, 0.1) is 5.60 Å². The second-order valence-corrected chi connectivity index (χ2v) is 7.48. The van der Waals surface area contributed by atoms with Crippen molar-refractivity contribution in [2.75, 3.05) is 32.7 Å². The van der Waals surface area contributed by atoms with Crippen LogP contribution in [0.4, 0.5) is 0 Å². The van der Waals surface area contributed by atoms with Crippen molar-refractivity contribution in [3.05, 3.63) is 48.0 Å². The van der Waals surface area contributed by atoms with E-state index in [0.29, 0.717) is 0 Å². The molecule has 0 aromatic heterocycles. The lowest BCUT2D eigenvalue weighted by Gasteiger charge is -2.39. The summed E-state index contributed by atoms with van der Waals surface area (Å²) in [4.78, 5) is 2.53. The third-order valence-electron chi connectivity index (χ3n) is 5.97. The quantitative estimate of drug-likeness (QED) is 0.907. The van der Waals surface area contributed by atoms with Gasteiger partial charge in [-0.15, -0.1) is 0 Å². The number of benzene rings is 2. The molecular formula is C21H28N2O. The number of nitrogens with zero attached hydrogens (tertiary/aromatic N) is 1. The van der Waals surface area contributed by atoms with E-state index in [0.717, 1.165) is 58.4 Å². The minimum absolute atomic E-state index is 0.198. The highest BCUT2D eigenvalue weighted by molar-refractivity contribution is 5.86. The van der Waals surface area contributed by atoms with E-state index in [9.17, 15) is 5.11 Å². The fourth-order valence-electron chi connectivity index (χ4n) is 4.60. The standard InChI is InChI=1S/C21H28N2O/c24-21(10-3-4-11-21)20(16-23-14-12-22-13-15-23)19-9-5-7-17-6-1-2-8-18(17)19/h1-2,5-9,20,22,24H,3-4,10-16H2. The molecule has 1 aliphatic carbocycles. The van der Waals surface area contributed by atoms with Crippen LogP contribution in [0.1, 0.15) is 37.2 Å². The van der Waals surface area contributed by atoms with Crippen molar-refractivity contribution in [2.45, 2.75) is 37.2 Å². The monoisotopic (exact) mass is 324 g/mol. The maximum atomic E-state index is 11.5. The van der Waals surface area contributed by atoms with E-state index in [-0.39, 0.29) is 5.92 Å². The summed E-state index contributed by atoms with van der Waals surface area (Å²) in [7, 11) is 0. The van der Waals surface area contributed by atoms with E-state index >= 15 is 0 Å². The minimum atomic E-state index is -0.547. The predicted molar refractivity (Wildman–Crippen MR) is 99.4 cm³/mol. The Labute approximate surface area is 144 Å². The summed E-state index contributed by atoms with van der Waals surface area (Å²) in [5.41, 5.74) is 0.783. The minimum Gasteiger partial charge on any atom is -0.389 e. The van der Waals surface area contributed by atoms with E-state index in [4.69, 9.17) is 0 Å². The number of hydrogen-bond acceptors (Lipinski definition) is 3. The van der Waals surface area contributed by atoms with Gasteiger partial charge in [-0.2, -0.15) is 0 Å². The predicted octanol–water partition coefficient (Wildman–Crippen LogP) is 3.13. The van der Waals surface area contributed by atoms with E-state index in [2.05, 4.69) is 52.7 Å². The van der Waals surface area contributed by atoms with Crippen LogP contribution < -0.4 is 5.32 Å². The molecule has 1 heterocycles. The van der Waals surface area contributed by atoms with Gasteiger partial charge in [-0.25, -0.2) is 0 Å². The molecule has 4 rings (SSSR count). The smallest absolute Gasteiger partial charge is 0.0728 e. The first-order valence-electron chi connectivity index (χ1n) is 9.39. The number of rotatable bonds is 4. The van der Waals surface area contributed by atoms with Crippen molar-refractivity contribution in [3.63, 3.8) is 0 Å². The average molecular weight is 324 g/mol. The van der Waals surface area contributed by atoms with Crippen LogP contribution in [0.2, 0.25) is 0 Å². The first kappa shape index (κ1) is 16.1. The molecule has 1 aliphatic heterocycles. The molecule has 0 amide bonds. The van der Waals surface area contributed by atoms with Crippen LogP contribution in [0.25, 0.3) is 10.8 Å². The Morgan fingerprint density at radius 2 is 1.71 bits per heavy atom. The molecule has 2 aliphatic rings. The number of nitrogens with one attached hydrogen (secondary N) is 1. The second kappa shape index (κ2) is 6.83. The molecule has 1 atom stereocenters. The molecule has 1 saturated carbocycles. The topological polar surface area (TPSA) is 35.5 Å². The normalized spacial score (nSPS) is 22.7. The summed E-state index contributed by atoms with van der Waals surface area (Å²) in [6, 6.07) is 15.2. The van der Waals surface area contributed by atoms with Crippen LogP contribution in [-0.2, 0) is 0 Å². The van der Waals surface area contributed by atoms with Crippen molar-refractivity contribution in [1.82, 2.24) is 10.2 Å². The third kappa shape index (κ3) is 3.08. The zero-order valence-electron chi connectivity index (χ0n) is 14.4. The molecule has 3 heteroatoms. The maximum absolute atomic E-state index is 11.5. The molecule has 2 N–H and O–H groups in total. The second-order valence-electron chi connectivity index (χ2n) is 7.48. The Bertz CT molecular complexity index is 682. The first-order chi connectivity index (χ1) is 11.8. The van der Waals surface area contributed by atoms with Gasteiger partial charge in [-0.05, 0) is 29.2 Å². The summed E-state index contributed by atoms with van der Waals surface area (Å²) in [6.45, 7) is 5.24. The molecule has 2 aromatic carbocycles. The first-order valence-corrected chi connectivity index (χ1v) is 9.39. The Morgan fingerprint density at radius 3 is 2.50 bits per heavy atom. The lowest BCUT2D eigenvalue weighted by Crippen LogP contribution is -2.48. The zero-order chi connectivity index (χ0) is 16.4. The highest BCUT2D eigenvalue weighted by atomic mass is 16.3. The molecular weight excluding hydrogens is 296 g/mol. The van der Waals surface area contributed by atoms with Crippen molar-refractivity contribution < 1.29 is 5.11 Å². The molecule has 0 radical (unpaired) electrons. The molecule has 2 fully saturated rings. The fourth-order valence-corrected chi connectivity index (χ4v) is 4.60. The number of piperazine rings is 1.